The molecule has 0 aliphatic carbocycles. The number of hydrogen-bond acceptors (Lipinski definition) is 3. The highest BCUT2D eigenvalue weighted by atomic mass is 19.1. The molecular weight excluding hydrogens is 375 g/mol. The lowest BCUT2D eigenvalue weighted by molar-refractivity contribution is 0.124. The standard InChI is InChI=1S/C26H29FN2O/c1-3-30-24-13-11-22(12-14-24)26-28(18-21-8-6-7-20(2)17-21)15-16-29(26)19-23-9-4-5-10-25(23)27/h4-14,17,26H,3,15-16,18-19H2,1-2H3/t26-/m1/s1. The molecule has 4 rings (SSSR count). The quantitative estimate of drug-likeness (QED) is 0.513. The normalized spacial score (nSPS) is 17.4. The first kappa shape index (κ1) is 20.6. The predicted octanol–water partition coefficient (Wildman–Crippen LogP) is 5.55. The number of ether oxygens (including phenoxy) is 1. The zero-order valence-electron chi connectivity index (χ0n) is 17.7. The molecule has 3 aromatic rings. The van der Waals surface area contributed by atoms with E-state index in [1.165, 1.54) is 16.7 Å². The third-order valence-corrected chi connectivity index (χ3v) is 5.65. The number of aryl methyl sites for hydroxylation is 1. The highest BCUT2D eigenvalue weighted by Gasteiger charge is 2.33. The van der Waals surface area contributed by atoms with Gasteiger partial charge in [-0.15, -0.1) is 0 Å². The SMILES string of the molecule is CCOc1ccc([C@@H]2N(Cc3cccc(C)c3)CCN2Cc2ccccc2F)cc1. The molecule has 1 saturated heterocycles. The van der Waals surface area contributed by atoms with Gasteiger partial charge in [-0.05, 0) is 43.2 Å². The molecule has 3 aromatic carbocycles. The zero-order chi connectivity index (χ0) is 20.9. The van der Waals surface area contributed by atoms with Crippen LogP contribution in [0.5, 0.6) is 5.75 Å². The Hall–Kier alpha value is -2.69. The van der Waals surface area contributed by atoms with Gasteiger partial charge >= 0.3 is 0 Å². The minimum Gasteiger partial charge on any atom is -0.494 e. The van der Waals surface area contributed by atoms with Crippen LogP contribution in [0.15, 0.2) is 72.8 Å². The Morgan fingerprint density at radius 2 is 1.63 bits per heavy atom. The molecule has 1 heterocycles. The van der Waals surface area contributed by atoms with Crippen LogP contribution in [0.25, 0.3) is 0 Å². The highest BCUT2D eigenvalue weighted by molar-refractivity contribution is 5.30. The summed E-state index contributed by atoms with van der Waals surface area (Å²) in [7, 11) is 0. The monoisotopic (exact) mass is 404 g/mol. The predicted molar refractivity (Wildman–Crippen MR) is 119 cm³/mol. The second-order valence-corrected chi connectivity index (χ2v) is 7.90. The summed E-state index contributed by atoms with van der Waals surface area (Å²) >= 11 is 0. The fourth-order valence-corrected chi connectivity index (χ4v) is 4.28. The van der Waals surface area contributed by atoms with Gasteiger partial charge in [-0.3, -0.25) is 9.80 Å². The van der Waals surface area contributed by atoms with Crippen molar-refractivity contribution in [3.8, 4) is 5.75 Å². The molecule has 0 spiro atoms. The van der Waals surface area contributed by atoms with E-state index in [1.807, 2.05) is 31.2 Å². The van der Waals surface area contributed by atoms with Gasteiger partial charge in [0.2, 0.25) is 0 Å². The van der Waals surface area contributed by atoms with Crippen LogP contribution in [0.4, 0.5) is 4.39 Å². The fraction of sp³-hybridized carbons (Fsp3) is 0.308. The van der Waals surface area contributed by atoms with Gasteiger partial charge in [0.05, 0.1) is 12.8 Å². The van der Waals surface area contributed by atoms with Gasteiger partial charge in [-0.2, -0.15) is 0 Å². The Balaban J connectivity index is 1.61. The van der Waals surface area contributed by atoms with E-state index >= 15 is 0 Å². The third kappa shape index (κ3) is 4.72. The zero-order valence-corrected chi connectivity index (χ0v) is 17.7. The molecule has 0 bridgehead atoms. The van der Waals surface area contributed by atoms with Crippen molar-refractivity contribution in [2.75, 3.05) is 19.7 Å². The summed E-state index contributed by atoms with van der Waals surface area (Å²) < 4.78 is 20.0. The summed E-state index contributed by atoms with van der Waals surface area (Å²) in [4.78, 5) is 4.84. The first-order valence-corrected chi connectivity index (χ1v) is 10.6. The molecule has 1 atom stereocenters. The van der Waals surface area contributed by atoms with Gasteiger partial charge in [0.1, 0.15) is 11.6 Å². The minimum absolute atomic E-state index is 0.0980. The van der Waals surface area contributed by atoms with Crippen molar-refractivity contribution in [1.29, 1.82) is 0 Å². The lowest BCUT2D eigenvalue weighted by atomic mass is 10.1. The number of halogens is 1. The minimum atomic E-state index is -0.139. The second kappa shape index (κ2) is 9.41. The summed E-state index contributed by atoms with van der Waals surface area (Å²) in [5, 5.41) is 0. The van der Waals surface area contributed by atoms with E-state index in [0.717, 1.165) is 30.9 Å². The Kier molecular flexibility index (Phi) is 6.46. The molecule has 1 aliphatic rings. The van der Waals surface area contributed by atoms with Crippen LogP contribution >= 0.6 is 0 Å². The van der Waals surface area contributed by atoms with Gasteiger partial charge in [0.25, 0.3) is 0 Å². The van der Waals surface area contributed by atoms with Crippen LogP contribution in [0.1, 0.15) is 35.3 Å². The van der Waals surface area contributed by atoms with Gasteiger partial charge in [-0.25, -0.2) is 4.39 Å². The Bertz CT molecular complexity index is 973. The molecule has 156 valence electrons. The smallest absolute Gasteiger partial charge is 0.127 e. The van der Waals surface area contributed by atoms with Gasteiger partial charge in [-0.1, -0.05) is 60.2 Å². The van der Waals surface area contributed by atoms with Crippen LogP contribution in [0.3, 0.4) is 0 Å². The average Bonchev–Trinajstić information content (AvgIpc) is 3.12. The molecule has 0 N–H and O–H groups in total. The maximum Gasteiger partial charge on any atom is 0.127 e. The summed E-state index contributed by atoms with van der Waals surface area (Å²) in [5.74, 6) is 0.741. The van der Waals surface area contributed by atoms with Crippen molar-refractivity contribution in [2.24, 2.45) is 0 Å². The van der Waals surface area contributed by atoms with Gasteiger partial charge < -0.3 is 4.74 Å². The fourth-order valence-electron chi connectivity index (χ4n) is 4.28. The molecule has 0 radical (unpaired) electrons. The van der Waals surface area contributed by atoms with Gasteiger partial charge in [0, 0.05) is 31.7 Å². The van der Waals surface area contributed by atoms with Crippen LogP contribution in [-0.4, -0.2) is 29.5 Å². The van der Waals surface area contributed by atoms with Crippen molar-refractivity contribution in [3.05, 3.63) is 101 Å². The topological polar surface area (TPSA) is 15.7 Å². The summed E-state index contributed by atoms with van der Waals surface area (Å²) in [6.07, 6.45) is 0.0980. The molecule has 1 fully saturated rings. The van der Waals surface area contributed by atoms with E-state index in [4.69, 9.17) is 4.74 Å². The Labute approximate surface area is 178 Å². The first-order valence-electron chi connectivity index (χ1n) is 10.6. The van der Waals surface area contributed by atoms with Crippen LogP contribution in [0, 0.1) is 12.7 Å². The Morgan fingerprint density at radius 3 is 2.33 bits per heavy atom. The third-order valence-electron chi connectivity index (χ3n) is 5.65. The van der Waals surface area contributed by atoms with Crippen molar-refractivity contribution < 1.29 is 9.13 Å². The van der Waals surface area contributed by atoms with Crippen molar-refractivity contribution >= 4 is 0 Å². The van der Waals surface area contributed by atoms with E-state index < -0.39 is 0 Å². The maximum absolute atomic E-state index is 14.3. The van der Waals surface area contributed by atoms with E-state index in [9.17, 15) is 4.39 Å². The molecule has 0 unspecified atom stereocenters. The van der Waals surface area contributed by atoms with Crippen LogP contribution in [0.2, 0.25) is 0 Å². The summed E-state index contributed by atoms with van der Waals surface area (Å²) in [5.41, 5.74) is 4.52. The van der Waals surface area contributed by atoms with Crippen molar-refractivity contribution in [3.63, 3.8) is 0 Å². The second-order valence-electron chi connectivity index (χ2n) is 7.90. The largest absolute Gasteiger partial charge is 0.494 e. The molecule has 0 aromatic heterocycles. The van der Waals surface area contributed by atoms with Crippen molar-refractivity contribution in [2.45, 2.75) is 33.1 Å². The molecule has 30 heavy (non-hydrogen) atoms. The highest BCUT2D eigenvalue weighted by Crippen LogP contribution is 2.34. The summed E-state index contributed by atoms with van der Waals surface area (Å²) in [6, 6.07) is 24.1. The van der Waals surface area contributed by atoms with E-state index in [2.05, 4.69) is 53.1 Å². The number of benzene rings is 3. The maximum atomic E-state index is 14.3. The molecule has 4 heteroatoms. The lowest BCUT2D eigenvalue weighted by Gasteiger charge is -2.31. The van der Waals surface area contributed by atoms with Crippen molar-refractivity contribution in [1.82, 2.24) is 9.80 Å². The lowest BCUT2D eigenvalue weighted by Crippen LogP contribution is -2.30. The van der Waals surface area contributed by atoms with E-state index in [1.54, 1.807) is 12.1 Å². The molecule has 0 amide bonds. The average molecular weight is 405 g/mol. The van der Waals surface area contributed by atoms with Crippen LogP contribution in [-0.2, 0) is 13.1 Å². The molecule has 0 saturated carbocycles. The molecule has 1 aliphatic heterocycles. The number of nitrogens with zero attached hydrogens (tertiary/aromatic N) is 2. The molecular formula is C26H29FN2O. The number of hydrogen-bond donors (Lipinski definition) is 0. The number of rotatable bonds is 7. The summed E-state index contributed by atoms with van der Waals surface area (Å²) in [6.45, 7) is 8.08. The van der Waals surface area contributed by atoms with E-state index in [0.29, 0.717) is 13.2 Å². The first-order chi connectivity index (χ1) is 14.6. The van der Waals surface area contributed by atoms with Gasteiger partial charge in [0.15, 0.2) is 0 Å². The van der Waals surface area contributed by atoms with E-state index in [-0.39, 0.29) is 12.0 Å². The Morgan fingerprint density at radius 1 is 0.900 bits per heavy atom. The molecule has 3 nitrogen and oxygen atoms in total. The van der Waals surface area contributed by atoms with Crippen LogP contribution < -0.4 is 4.74 Å².